The number of carbonyl (C=O) groups excluding carboxylic acids is 2. The number of hydrogen-bond donors (Lipinski definition) is 3. The van der Waals surface area contributed by atoms with Crippen LogP contribution in [0.25, 0.3) is 0 Å². The van der Waals surface area contributed by atoms with E-state index in [1.807, 2.05) is 0 Å². The summed E-state index contributed by atoms with van der Waals surface area (Å²) in [6.45, 7) is 12.9. The normalized spacial score (nSPS) is 52.2. The summed E-state index contributed by atoms with van der Waals surface area (Å²) in [5.41, 5.74) is -1.85. The first-order chi connectivity index (χ1) is 18.0. The quantitative estimate of drug-likeness (QED) is 0.347. The summed E-state index contributed by atoms with van der Waals surface area (Å²) >= 11 is 0. The van der Waals surface area contributed by atoms with Gasteiger partial charge in [-0.3, -0.25) is 9.59 Å². The third-order valence-corrected chi connectivity index (χ3v) is 13.7. The Kier molecular flexibility index (Phi) is 6.54. The predicted molar refractivity (Wildman–Crippen MR) is 146 cm³/mol. The van der Waals surface area contributed by atoms with E-state index in [2.05, 4.69) is 40.7 Å². The lowest BCUT2D eigenvalue weighted by molar-refractivity contribution is -0.243. The van der Waals surface area contributed by atoms with Crippen molar-refractivity contribution in [2.24, 2.45) is 50.2 Å². The zero-order valence-corrected chi connectivity index (χ0v) is 25.2. The van der Waals surface area contributed by atoms with Gasteiger partial charge in [0, 0.05) is 5.92 Å². The molecule has 0 amide bonds. The van der Waals surface area contributed by atoms with Crippen molar-refractivity contribution in [2.45, 2.75) is 111 Å². The first-order valence-corrected chi connectivity index (χ1v) is 14.9. The van der Waals surface area contributed by atoms with Gasteiger partial charge in [-0.05, 0) is 91.8 Å². The number of aliphatic hydroxyl groups excluding tert-OH is 3. The number of carbonyl (C=O) groups is 2. The number of methoxy groups -OCH3 is 2. The van der Waals surface area contributed by atoms with Gasteiger partial charge in [0.05, 0.1) is 43.4 Å². The van der Waals surface area contributed by atoms with Crippen molar-refractivity contribution in [3.05, 3.63) is 11.6 Å². The monoisotopic (exact) mass is 546 g/mol. The second-order valence-corrected chi connectivity index (χ2v) is 15.3. The maximum Gasteiger partial charge on any atom is 0.314 e. The largest absolute Gasteiger partial charge is 0.469 e. The molecule has 0 aromatic rings. The van der Waals surface area contributed by atoms with Crippen LogP contribution in [-0.4, -0.2) is 59.8 Å². The highest BCUT2D eigenvalue weighted by Crippen LogP contribution is 2.76. The molecule has 7 nitrogen and oxygen atoms in total. The number of hydrogen-bond acceptors (Lipinski definition) is 7. The van der Waals surface area contributed by atoms with Gasteiger partial charge in [-0.15, -0.1) is 0 Å². The summed E-state index contributed by atoms with van der Waals surface area (Å²) in [6.07, 6.45) is 5.21. The van der Waals surface area contributed by atoms with Crippen molar-refractivity contribution in [2.75, 3.05) is 14.2 Å². The Morgan fingerprint density at radius 2 is 1.44 bits per heavy atom. The van der Waals surface area contributed by atoms with Crippen molar-refractivity contribution in [1.82, 2.24) is 0 Å². The molecule has 5 aliphatic rings. The van der Waals surface area contributed by atoms with Crippen molar-refractivity contribution in [1.29, 1.82) is 0 Å². The van der Waals surface area contributed by atoms with Crippen LogP contribution in [0, 0.1) is 50.2 Å². The Balaban J connectivity index is 1.64. The third-order valence-electron chi connectivity index (χ3n) is 13.7. The Bertz CT molecular complexity index is 1080. The number of fused-ring (bicyclic) bond motifs is 7. The molecule has 220 valence electrons. The van der Waals surface area contributed by atoms with E-state index in [-0.39, 0.29) is 40.0 Å². The van der Waals surface area contributed by atoms with E-state index < -0.39 is 40.5 Å². The Labute approximate surface area is 233 Å². The van der Waals surface area contributed by atoms with Crippen molar-refractivity contribution in [3.63, 3.8) is 0 Å². The van der Waals surface area contributed by atoms with Crippen LogP contribution in [0.4, 0.5) is 0 Å². The van der Waals surface area contributed by atoms with E-state index in [9.17, 15) is 24.9 Å². The number of rotatable bonds is 2. The molecule has 0 aliphatic heterocycles. The van der Waals surface area contributed by atoms with Gasteiger partial charge >= 0.3 is 11.9 Å². The second-order valence-electron chi connectivity index (χ2n) is 15.3. The summed E-state index contributed by atoms with van der Waals surface area (Å²) in [7, 11) is 2.82. The van der Waals surface area contributed by atoms with Crippen LogP contribution >= 0.6 is 0 Å². The summed E-state index contributed by atoms with van der Waals surface area (Å²) in [4.78, 5) is 26.6. The molecule has 11 atom stereocenters. The van der Waals surface area contributed by atoms with Crippen LogP contribution in [0.5, 0.6) is 0 Å². The second kappa shape index (κ2) is 8.78. The minimum atomic E-state index is -1.19. The predicted octanol–water partition coefficient (Wildman–Crippen LogP) is 4.42. The summed E-state index contributed by atoms with van der Waals surface area (Å²) < 4.78 is 10.6. The van der Waals surface area contributed by atoms with Gasteiger partial charge in [-0.25, -0.2) is 0 Å². The van der Waals surface area contributed by atoms with Crippen molar-refractivity contribution in [3.8, 4) is 0 Å². The average molecular weight is 547 g/mol. The lowest BCUT2D eigenvalue weighted by Gasteiger charge is -2.71. The highest BCUT2D eigenvalue weighted by Gasteiger charge is 2.72. The van der Waals surface area contributed by atoms with Crippen LogP contribution in [0.3, 0.4) is 0 Å². The Hall–Kier alpha value is -1.44. The lowest BCUT2D eigenvalue weighted by atomic mass is 9.33. The minimum absolute atomic E-state index is 0.135. The fraction of sp³-hybridized carbons (Fsp3) is 0.875. The summed E-state index contributed by atoms with van der Waals surface area (Å²) in [5, 5.41) is 34.1. The molecule has 0 heterocycles. The number of aliphatic hydroxyl groups is 3. The van der Waals surface area contributed by atoms with E-state index in [0.29, 0.717) is 19.3 Å². The maximum atomic E-state index is 13.4. The molecule has 0 bridgehead atoms. The molecule has 7 heteroatoms. The van der Waals surface area contributed by atoms with E-state index in [1.54, 1.807) is 6.92 Å². The molecule has 0 aromatic heterocycles. The standard InChI is InChI=1S/C32H50O7/c1-27(2)13-15-32(26(37)39-8)16-14-29(4)18(22(32)24(27)35)9-10-20-28(3)17-19(33)23(34)31(6,25(36)38-7)21(28)11-12-30(20,29)5/h9,19-24,33-35H,10-17H2,1-8H3/t19-,20-,21+,22-,23+,24+,28-,29-,30-,31-,32+/m1/s1. The number of allylic oxidation sites excluding steroid dienone is 1. The molecule has 0 saturated heterocycles. The molecule has 0 unspecified atom stereocenters. The highest BCUT2D eigenvalue weighted by atomic mass is 16.5. The van der Waals surface area contributed by atoms with E-state index in [4.69, 9.17) is 9.47 Å². The summed E-state index contributed by atoms with van der Waals surface area (Å²) in [6, 6.07) is 0. The average Bonchev–Trinajstić information content (AvgIpc) is 2.88. The first kappa shape index (κ1) is 29.1. The fourth-order valence-corrected chi connectivity index (χ4v) is 11.1. The van der Waals surface area contributed by atoms with Crippen LogP contribution in [0.2, 0.25) is 0 Å². The maximum absolute atomic E-state index is 13.4. The van der Waals surface area contributed by atoms with Crippen LogP contribution in [-0.2, 0) is 19.1 Å². The summed E-state index contributed by atoms with van der Waals surface area (Å²) in [5.74, 6) is -0.937. The molecule has 0 aromatic carbocycles. The molecular weight excluding hydrogens is 496 g/mol. The highest BCUT2D eigenvalue weighted by molar-refractivity contribution is 5.79. The molecule has 5 rings (SSSR count). The minimum Gasteiger partial charge on any atom is -0.469 e. The zero-order valence-electron chi connectivity index (χ0n) is 25.2. The SMILES string of the molecule is COC(=O)[C@]12CCC(C)(C)[C@@H](O)[C@H]1C1=CC[C@@H]3[C@@]4(C)C[C@@H](O)[C@H](O)[C@](C)(C(=O)OC)[C@H]4CC[C@@]3(C)[C@]1(C)CC2. The van der Waals surface area contributed by atoms with Gasteiger partial charge in [0.15, 0.2) is 0 Å². The van der Waals surface area contributed by atoms with Crippen molar-refractivity contribution < 1.29 is 34.4 Å². The third kappa shape index (κ3) is 3.39. The molecule has 4 fully saturated rings. The molecule has 0 spiro atoms. The zero-order chi connectivity index (χ0) is 29.0. The number of ether oxygens (including phenoxy) is 2. The van der Waals surface area contributed by atoms with E-state index in [1.165, 1.54) is 19.8 Å². The van der Waals surface area contributed by atoms with E-state index in [0.717, 1.165) is 32.1 Å². The molecule has 0 radical (unpaired) electrons. The van der Waals surface area contributed by atoms with Crippen molar-refractivity contribution >= 4 is 11.9 Å². The van der Waals surface area contributed by atoms with Gasteiger partial charge in [0.1, 0.15) is 0 Å². The molecule has 4 saturated carbocycles. The molecule has 39 heavy (non-hydrogen) atoms. The van der Waals surface area contributed by atoms with Gasteiger partial charge in [0.2, 0.25) is 0 Å². The number of esters is 2. The smallest absolute Gasteiger partial charge is 0.314 e. The van der Waals surface area contributed by atoms with Crippen LogP contribution in [0.15, 0.2) is 11.6 Å². The topological polar surface area (TPSA) is 113 Å². The van der Waals surface area contributed by atoms with Crippen LogP contribution in [0.1, 0.15) is 92.9 Å². The van der Waals surface area contributed by atoms with Gasteiger partial charge in [-0.2, -0.15) is 0 Å². The Morgan fingerprint density at radius 1 is 0.821 bits per heavy atom. The van der Waals surface area contributed by atoms with E-state index >= 15 is 0 Å². The Morgan fingerprint density at radius 3 is 2.05 bits per heavy atom. The van der Waals surface area contributed by atoms with Gasteiger partial charge in [0.25, 0.3) is 0 Å². The lowest BCUT2D eigenvalue weighted by Crippen LogP contribution is -2.69. The van der Waals surface area contributed by atoms with Gasteiger partial charge in [-0.1, -0.05) is 46.3 Å². The van der Waals surface area contributed by atoms with Gasteiger partial charge < -0.3 is 24.8 Å². The van der Waals surface area contributed by atoms with Crippen LogP contribution < -0.4 is 0 Å². The molecular formula is C32H50O7. The molecule has 3 N–H and O–H groups in total. The molecule has 5 aliphatic carbocycles. The first-order valence-electron chi connectivity index (χ1n) is 14.9. The fourth-order valence-electron chi connectivity index (χ4n) is 11.1.